The minimum atomic E-state index is -0.344. The first-order valence-electron chi connectivity index (χ1n) is 8.28. The molecular formula is C19H20N4O3. The van der Waals surface area contributed by atoms with Crippen LogP contribution in [-0.4, -0.2) is 28.2 Å². The molecule has 0 spiro atoms. The van der Waals surface area contributed by atoms with Crippen LogP contribution in [0.5, 0.6) is 0 Å². The Labute approximate surface area is 151 Å². The van der Waals surface area contributed by atoms with Gasteiger partial charge in [-0.1, -0.05) is 31.1 Å². The molecule has 3 rings (SSSR count). The van der Waals surface area contributed by atoms with E-state index in [-0.39, 0.29) is 11.9 Å². The third-order valence-corrected chi connectivity index (χ3v) is 3.82. The van der Waals surface area contributed by atoms with Gasteiger partial charge in [0.1, 0.15) is 5.82 Å². The smallest absolute Gasteiger partial charge is 0.337 e. The molecule has 0 fully saturated rings. The summed E-state index contributed by atoms with van der Waals surface area (Å²) in [7, 11) is 1.37. The number of ether oxygens (including phenoxy) is 1. The van der Waals surface area contributed by atoms with Crippen molar-refractivity contribution in [3.8, 4) is 11.5 Å². The normalized spacial score (nSPS) is 10.8. The van der Waals surface area contributed by atoms with Crippen molar-refractivity contribution in [3.63, 3.8) is 0 Å². The Morgan fingerprint density at radius 3 is 2.54 bits per heavy atom. The number of esters is 1. The minimum absolute atomic E-state index is 0.215. The van der Waals surface area contributed by atoms with Gasteiger partial charge in [-0.15, -0.1) is 0 Å². The lowest BCUT2D eigenvalue weighted by Gasteiger charge is -2.06. The van der Waals surface area contributed by atoms with Crippen LogP contribution in [0.4, 0.5) is 5.82 Å². The van der Waals surface area contributed by atoms with Gasteiger partial charge in [-0.05, 0) is 29.8 Å². The van der Waals surface area contributed by atoms with E-state index in [0.717, 1.165) is 16.9 Å². The van der Waals surface area contributed by atoms with Gasteiger partial charge in [0.2, 0.25) is 0 Å². The molecule has 7 nitrogen and oxygen atoms in total. The molecule has 1 N–H and O–H groups in total. The van der Waals surface area contributed by atoms with Crippen molar-refractivity contribution < 1.29 is 14.1 Å². The van der Waals surface area contributed by atoms with E-state index in [9.17, 15) is 4.79 Å². The average molecular weight is 352 g/mol. The van der Waals surface area contributed by atoms with Crippen molar-refractivity contribution >= 4 is 11.8 Å². The second kappa shape index (κ2) is 7.77. The number of aromatic nitrogens is 3. The summed E-state index contributed by atoms with van der Waals surface area (Å²) in [6.45, 7) is 4.61. The van der Waals surface area contributed by atoms with Crippen molar-refractivity contribution in [2.75, 3.05) is 12.4 Å². The second-order valence-corrected chi connectivity index (χ2v) is 6.09. The molecule has 0 aliphatic rings. The third kappa shape index (κ3) is 4.05. The first-order valence-corrected chi connectivity index (χ1v) is 8.28. The number of hydrogen-bond acceptors (Lipinski definition) is 7. The lowest BCUT2D eigenvalue weighted by molar-refractivity contribution is 0.0600. The summed E-state index contributed by atoms with van der Waals surface area (Å²) < 4.78 is 9.95. The van der Waals surface area contributed by atoms with Crippen molar-refractivity contribution in [1.82, 2.24) is 15.1 Å². The van der Waals surface area contributed by atoms with Crippen molar-refractivity contribution in [3.05, 3.63) is 59.5 Å². The monoisotopic (exact) mass is 352 g/mol. The summed E-state index contributed by atoms with van der Waals surface area (Å²) in [4.78, 5) is 20.2. The Balaban J connectivity index is 1.61. The predicted molar refractivity (Wildman–Crippen MR) is 96.7 cm³/mol. The quantitative estimate of drug-likeness (QED) is 0.677. The van der Waals surface area contributed by atoms with Crippen molar-refractivity contribution in [1.29, 1.82) is 0 Å². The highest BCUT2D eigenvalue weighted by Gasteiger charge is 2.11. The van der Waals surface area contributed by atoms with Gasteiger partial charge in [-0.25, -0.2) is 9.78 Å². The summed E-state index contributed by atoms with van der Waals surface area (Å²) in [6, 6.07) is 11.0. The molecule has 2 aromatic heterocycles. The van der Waals surface area contributed by atoms with Gasteiger partial charge in [0, 0.05) is 18.7 Å². The molecule has 0 saturated heterocycles. The number of hydrogen-bond donors (Lipinski definition) is 1. The number of methoxy groups -OCH3 is 1. The van der Waals surface area contributed by atoms with Gasteiger partial charge in [-0.2, -0.15) is 4.98 Å². The van der Waals surface area contributed by atoms with E-state index in [4.69, 9.17) is 4.52 Å². The Kier molecular flexibility index (Phi) is 5.26. The van der Waals surface area contributed by atoms with Crippen LogP contribution in [0.25, 0.3) is 11.5 Å². The fourth-order valence-corrected chi connectivity index (χ4v) is 2.28. The molecule has 0 aliphatic heterocycles. The largest absolute Gasteiger partial charge is 0.465 e. The zero-order chi connectivity index (χ0) is 18.5. The Morgan fingerprint density at radius 2 is 1.96 bits per heavy atom. The van der Waals surface area contributed by atoms with Crippen LogP contribution in [-0.2, 0) is 11.3 Å². The van der Waals surface area contributed by atoms with Gasteiger partial charge in [0.15, 0.2) is 5.82 Å². The molecule has 3 aromatic rings. The Hall–Kier alpha value is -3.22. The van der Waals surface area contributed by atoms with Gasteiger partial charge in [0.25, 0.3) is 5.89 Å². The van der Waals surface area contributed by atoms with Gasteiger partial charge in [-0.3, -0.25) is 0 Å². The number of carbonyl (C=O) groups is 1. The molecule has 0 aliphatic carbocycles. The molecule has 2 heterocycles. The minimum Gasteiger partial charge on any atom is -0.465 e. The Morgan fingerprint density at radius 1 is 1.19 bits per heavy atom. The van der Waals surface area contributed by atoms with E-state index in [1.54, 1.807) is 18.3 Å². The third-order valence-electron chi connectivity index (χ3n) is 3.82. The predicted octanol–water partition coefficient (Wildman–Crippen LogP) is 3.65. The number of nitrogens with one attached hydrogen (secondary N) is 1. The fourth-order valence-electron chi connectivity index (χ4n) is 2.28. The summed E-state index contributed by atoms with van der Waals surface area (Å²) >= 11 is 0. The summed E-state index contributed by atoms with van der Waals surface area (Å²) in [5.41, 5.74) is 2.33. The number of benzene rings is 1. The topological polar surface area (TPSA) is 90.1 Å². The molecule has 0 amide bonds. The molecule has 0 saturated carbocycles. The SMILES string of the molecule is COC(=O)c1ccc(CNc2ccc(-c3nc(C(C)C)no3)cn2)cc1. The van der Waals surface area contributed by atoms with Crippen LogP contribution < -0.4 is 5.32 Å². The van der Waals surface area contributed by atoms with Crippen LogP contribution in [0.2, 0.25) is 0 Å². The zero-order valence-electron chi connectivity index (χ0n) is 14.9. The lowest BCUT2D eigenvalue weighted by atomic mass is 10.1. The van der Waals surface area contributed by atoms with Gasteiger partial charge in [0.05, 0.1) is 18.2 Å². The van der Waals surface area contributed by atoms with E-state index in [1.165, 1.54) is 7.11 Å². The van der Waals surface area contributed by atoms with E-state index in [1.807, 2.05) is 38.1 Å². The fraction of sp³-hybridized carbons (Fsp3) is 0.263. The number of carbonyl (C=O) groups excluding carboxylic acids is 1. The van der Waals surface area contributed by atoms with Crippen LogP contribution in [0.3, 0.4) is 0 Å². The first kappa shape index (κ1) is 17.6. The van der Waals surface area contributed by atoms with Crippen LogP contribution in [0, 0.1) is 0 Å². The van der Waals surface area contributed by atoms with Crippen LogP contribution in [0.1, 0.15) is 41.5 Å². The number of rotatable bonds is 6. The molecule has 26 heavy (non-hydrogen) atoms. The second-order valence-electron chi connectivity index (χ2n) is 6.09. The highest BCUT2D eigenvalue weighted by atomic mass is 16.5. The standard InChI is InChI=1S/C19H20N4O3/c1-12(2)17-22-18(26-23-17)15-8-9-16(21-11-15)20-10-13-4-6-14(7-5-13)19(24)25-3/h4-9,11-12H,10H2,1-3H3,(H,20,21). The molecule has 0 atom stereocenters. The molecule has 0 radical (unpaired) electrons. The lowest BCUT2D eigenvalue weighted by Crippen LogP contribution is -2.03. The summed E-state index contributed by atoms with van der Waals surface area (Å²) in [5.74, 6) is 1.74. The van der Waals surface area contributed by atoms with E-state index >= 15 is 0 Å². The maximum absolute atomic E-state index is 11.4. The average Bonchev–Trinajstić information content (AvgIpc) is 3.17. The molecule has 1 aromatic carbocycles. The van der Waals surface area contributed by atoms with Gasteiger partial charge < -0.3 is 14.6 Å². The molecule has 0 bridgehead atoms. The van der Waals surface area contributed by atoms with E-state index < -0.39 is 0 Å². The zero-order valence-corrected chi connectivity index (χ0v) is 14.9. The number of nitrogens with zero attached hydrogens (tertiary/aromatic N) is 3. The first-order chi connectivity index (χ1) is 12.6. The van der Waals surface area contributed by atoms with Crippen molar-refractivity contribution in [2.24, 2.45) is 0 Å². The molecular weight excluding hydrogens is 332 g/mol. The summed E-state index contributed by atoms with van der Waals surface area (Å²) in [6.07, 6.45) is 1.69. The maximum Gasteiger partial charge on any atom is 0.337 e. The molecule has 7 heteroatoms. The van der Waals surface area contributed by atoms with E-state index in [2.05, 4.69) is 25.2 Å². The van der Waals surface area contributed by atoms with E-state index in [0.29, 0.717) is 23.8 Å². The number of anilines is 1. The van der Waals surface area contributed by atoms with Crippen LogP contribution >= 0.6 is 0 Å². The van der Waals surface area contributed by atoms with Crippen LogP contribution in [0.15, 0.2) is 47.1 Å². The highest BCUT2D eigenvalue weighted by Crippen LogP contribution is 2.20. The van der Waals surface area contributed by atoms with Crippen molar-refractivity contribution in [2.45, 2.75) is 26.3 Å². The highest BCUT2D eigenvalue weighted by molar-refractivity contribution is 5.89. The summed E-state index contributed by atoms with van der Waals surface area (Å²) in [5, 5.41) is 7.19. The van der Waals surface area contributed by atoms with Gasteiger partial charge >= 0.3 is 5.97 Å². The maximum atomic E-state index is 11.4. The Bertz CT molecular complexity index is 871. The molecule has 134 valence electrons. The molecule has 0 unspecified atom stereocenters. The number of pyridine rings is 1.